The molecule has 2 aliphatic heterocycles. The maximum absolute atomic E-state index is 14.0. The van der Waals surface area contributed by atoms with Crippen LogP contribution < -0.4 is 5.32 Å². The third-order valence-electron chi connectivity index (χ3n) is 5.40. The van der Waals surface area contributed by atoms with Crippen molar-refractivity contribution >= 4 is 45.7 Å². The molecule has 2 aliphatic rings. The number of ether oxygens (including phenoxy) is 1. The fourth-order valence-corrected chi connectivity index (χ4v) is 5.51. The summed E-state index contributed by atoms with van der Waals surface area (Å²) in [6, 6.07) is 4.74. The number of halogens is 2. The van der Waals surface area contributed by atoms with Gasteiger partial charge in [-0.25, -0.2) is 4.39 Å². The average molecular weight is 486 g/mol. The normalized spacial score (nSPS) is 19.7. The van der Waals surface area contributed by atoms with Crippen molar-refractivity contribution in [2.45, 2.75) is 29.8 Å². The first kappa shape index (κ1) is 22.7. The van der Waals surface area contributed by atoms with E-state index in [1.165, 1.54) is 29.2 Å². The van der Waals surface area contributed by atoms with Crippen molar-refractivity contribution in [1.82, 2.24) is 20.0 Å². The highest BCUT2D eigenvalue weighted by Gasteiger charge is 2.23. The number of nitrogens with zero attached hydrogens (tertiary/aromatic N) is 4. The van der Waals surface area contributed by atoms with Crippen LogP contribution in [-0.2, 0) is 16.1 Å². The number of anilines is 1. The second kappa shape index (κ2) is 10.9. The lowest BCUT2D eigenvalue weighted by Crippen LogP contribution is -2.48. The standard InChI is InChI=1S/C20H25ClFN5O2S2/c21-16-4-1-5-17(22)15(16)12-26-6-8-27(9-7-26)18(28)13-30-20-25-24-19(31-20)23-11-14-3-2-10-29-14/h1,4-5,14H,2-3,6-13H2,(H,23,24). The number of piperazine rings is 1. The predicted octanol–water partition coefficient (Wildman–Crippen LogP) is 3.36. The van der Waals surface area contributed by atoms with E-state index in [9.17, 15) is 9.18 Å². The van der Waals surface area contributed by atoms with Crippen LogP contribution in [0.5, 0.6) is 0 Å². The molecule has 0 radical (unpaired) electrons. The van der Waals surface area contributed by atoms with E-state index in [1.807, 2.05) is 4.90 Å². The summed E-state index contributed by atoms with van der Waals surface area (Å²) < 4.78 is 20.4. The van der Waals surface area contributed by atoms with Crippen LogP contribution in [0.3, 0.4) is 0 Å². The van der Waals surface area contributed by atoms with Gasteiger partial charge in [0.05, 0.1) is 11.9 Å². The number of amides is 1. The minimum absolute atomic E-state index is 0.0811. The van der Waals surface area contributed by atoms with Crippen LogP contribution in [0.1, 0.15) is 18.4 Å². The van der Waals surface area contributed by atoms with E-state index in [-0.39, 0.29) is 17.8 Å². The zero-order valence-electron chi connectivity index (χ0n) is 17.1. The molecular formula is C20H25ClFN5O2S2. The van der Waals surface area contributed by atoms with Gasteiger partial charge in [0, 0.05) is 56.5 Å². The smallest absolute Gasteiger partial charge is 0.233 e. The number of carbonyl (C=O) groups is 1. The molecule has 0 spiro atoms. The van der Waals surface area contributed by atoms with Crippen molar-refractivity contribution in [1.29, 1.82) is 0 Å². The summed E-state index contributed by atoms with van der Waals surface area (Å²) in [6.07, 6.45) is 2.42. The molecule has 0 saturated carbocycles. The Bertz CT molecular complexity index is 868. The van der Waals surface area contributed by atoms with Gasteiger partial charge < -0.3 is 15.0 Å². The molecule has 3 heterocycles. The minimum Gasteiger partial charge on any atom is -0.376 e. The van der Waals surface area contributed by atoms with Gasteiger partial charge in [-0.1, -0.05) is 40.8 Å². The van der Waals surface area contributed by atoms with Crippen molar-refractivity contribution < 1.29 is 13.9 Å². The fourth-order valence-electron chi connectivity index (χ4n) is 3.62. The van der Waals surface area contributed by atoms with Crippen LogP contribution in [-0.4, -0.2) is 77.1 Å². The molecule has 1 N–H and O–H groups in total. The molecule has 1 aromatic carbocycles. The van der Waals surface area contributed by atoms with Crippen LogP contribution in [0.15, 0.2) is 22.5 Å². The Morgan fingerprint density at radius 1 is 1.32 bits per heavy atom. The Morgan fingerprint density at radius 2 is 2.16 bits per heavy atom. The molecular weight excluding hydrogens is 461 g/mol. The van der Waals surface area contributed by atoms with Gasteiger partial charge in [-0.2, -0.15) is 0 Å². The second-order valence-electron chi connectivity index (χ2n) is 7.53. The molecule has 168 valence electrons. The van der Waals surface area contributed by atoms with E-state index >= 15 is 0 Å². The topological polar surface area (TPSA) is 70.6 Å². The van der Waals surface area contributed by atoms with Crippen molar-refractivity contribution in [2.24, 2.45) is 0 Å². The summed E-state index contributed by atoms with van der Waals surface area (Å²) in [6.45, 7) is 4.64. The molecule has 1 amide bonds. The number of carbonyl (C=O) groups excluding carboxylic acids is 1. The van der Waals surface area contributed by atoms with Crippen molar-refractivity contribution in [3.8, 4) is 0 Å². The van der Waals surface area contributed by atoms with Crippen molar-refractivity contribution in [3.63, 3.8) is 0 Å². The van der Waals surface area contributed by atoms with E-state index in [2.05, 4.69) is 20.4 Å². The number of aromatic nitrogens is 2. The SMILES string of the molecule is O=C(CSc1nnc(NCC2CCCO2)s1)N1CCN(Cc2c(F)cccc2Cl)CC1. The summed E-state index contributed by atoms with van der Waals surface area (Å²) in [5.74, 6) is 0.126. The van der Waals surface area contributed by atoms with Gasteiger partial charge in [-0.05, 0) is 25.0 Å². The maximum atomic E-state index is 14.0. The Hall–Kier alpha value is -1.46. The predicted molar refractivity (Wildman–Crippen MR) is 121 cm³/mol. The van der Waals surface area contributed by atoms with E-state index in [0.717, 1.165) is 35.5 Å². The summed E-state index contributed by atoms with van der Waals surface area (Å²) in [5, 5.41) is 12.8. The Balaban J connectivity index is 1.18. The molecule has 0 bridgehead atoms. The maximum Gasteiger partial charge on any atom is 0.233 e. The van der Waals surface area contributed by atoms with E-state index < -0.39 is 0 Å². The first-order chi connectivity index (χ1) is 15.1. The molecule has 2 saturated heterocycles. The number of benzene rings is 1. The Labute approximate surface area is 194 Å². The summed E-state index contributed by atoms with van der Waals surface area (Å²) in [4.78, 5) is 16.6. The highest BCUT2D eigenvalue weighted by molar-refractivity contribution is 8.01. The number of hydrogen-bond donors (Lipinski definition) is 1. The highest BCUT2D eigenvalue weighted by atomic mass is 35.5. The first-order valence-corrected chi connectivity index (χ1v) is 12.5. The number of thioether (sulfide) groups is 1. The molecule has 1 atom stereocenters. The number of hydrogen-bond acceptors (Lipinski definition) is 8. The lowest BCUT2D eigenvalue weighted by atomic mass is 10.2. The Morgan fingerprint density at radius 3 is 2.90 bits per heavy atom. The number of nitrogens with one attached hydrogen (secondary N) is 1. The van der Waals surface area contributed by atoms with Crippen LogP contribution >= 0.6 is 34.7 Å². The van der Waals surface area contributed by atoms with Gasteiger partial charge in [-0.3, -0.25) is 9.69 Å². The summed E-state index contributed by atoms with van der Waals surface area (Å²) in [7, 11) is 0. The molecule has 1 aromatic heterocycles. The largest absolute Gasteiger partial charge is 0.376 e. The van der Waals surface area contributed by atoms with E-state index in [1.54, 1.807) is 12.1 Å². The molecule has 0 aliphatic carbocycles. The van der Waals surface area contributed by atoms with Gasteiger partial charge in [0.1, 0.15) is 5.82 Å². The first-order valence-electron chi connectivity index (χ1n) is 10.3. The van der Waals surface area contributed by atoms with Crippen LogP contribution in [0.2, 0.25) is 5.02 Å². The van der Waals surface area contributed by atoms with Gasteiger partial charge in [0.25, 0.3) is 0 Å². The van der Waals surface area contributed by atoms with Gasteiger partial charge in [-0.15, -0.1) is 10.2 Å². The molecule has 2 aromatic rings. The second-order valence-corrected chi connectivity index (χ2v) is 10.1. The van der Waals surface area contributed by atoms with Crippen molar-refractivity contribution in [2.75, 3.05) is 50.4 Å². The third kappa shape index (κ3) is 6.29. The lowest BCUT2D eigenvalue weighted by molar-refractivity contribution is -0.130. The van der Waals surface area contributed by atoms with E-state index in [0.29, 0.717) is 49.1 Å². The molecule has 4 rings (SSSR count). The zero-order chi connectivity index (χ0) is 21.6. The van der Waals surface area contributed by atoms with E-state index in [4.69, 9.17) is 16.3 Å². The minimum atomic E-state index is -0.288. The van der Waals surface area contributed by atoms with Crippen LogP contribution in [0, 0.1) is 5.82 Å². The Kier molecular flexibility index (Phi) is 8.00. The molecule has 7 nitrogen and oxygen atoms in total. The molecule has 11 heteroatoms. The molecule has 1 unspecified atom stereocenters. The zero-order valence-corrected chi connectivity index (χ0v) is 19.4. The summed E-state index contributed by atoms with van der Waals surface area (Å²) in [5.41, 5.74) is 0.514. The molecule has 31 heavy (non-hydrogen) atoms. The van der Waals surface area contributed by atoms with Gasteiger partial charge in [0.15, 0.2) is 4.34 Å². The van der Waals surface area contributed by atoms with Crippen LogP contribution in [0.25, 0.3) is 0 Å². The van der Waals surface area contributed by atoms with Crippen LogP contribution in [0.4, 0.5) is 9.52 Å². The number of rotatable bonds is 8. The monoisotopic (exact) mass is 485 g/mol. The van der Waals surface area contributed by atoms with Gasteiger partial charge >= 0.3 is 0 Å². The van der Waals surface area contributed by atoms with Crippen molar-refractivity contribution in [3.05, 3.63) is 34.6 Å². The fraction of sp³-hybridized carbons (Fsp3) is 0.550. The average Bonchev–Trinajstić information content (AvgIpc) is 3.45. The third-order valence-corrected chi connectivity index (χ3v) is 7.75. The summed E-state index contributed by atoms with van der Waals surface area (Å²) >= 11 is 8.99. The van der Waals surface area contributed by atoms with Gasteiger partial charge in [0.2, 0.25) is 11.0 Å². The lowest BCUT2D eigenvalue weighted by Gasteiger charge is -2.34. The molecule has 2 fully saturated rings. The quantitative estimate of drug-likeness (QED) is 0.575. The highest BCUT2D eigenvalue weighted by Crippen LogP contribution is 2.26.